The lowest BCUT2D eigenvalue weighted by Gasteiger charge is -2.14. The van der Waals surface area contributed by atoms with Gasteiger partial charge < -0.3 is 5.73 Å². The molecule has 0 bridgehead atoms. The maximum absolute atomic E-state index is 6.11. The Morgan fingerprint density at radius 3 is 2.60 bits per heavy atom. The smallest absolute Gasteiger partial charge is 0.0272 e. The van der Waals surface area contributed by atoms with Crippen LogP contribution in [0.4, 0.5) is 0 Å². The van der Waals surface area contributed by atoms with Gasteiger partial charge in [-0.3, -0.25) is 0 Å². The van der Waals surface area contributed by atoms with Gasteiger partial charge in [0.2, 0.25) is 0 Å². The molecule has 1 aromatic rings. The number of hydrogen-bond donors (Lipinski definition) is 1. The van der Waals surface area contributed by atoms with Gasteiger partial charge in [-0.05, 0) is 61.8 Å². The minimum Gasteiger partial charge on any atom is -0.324 e. The van der Waals surface area contributed by atoms with Gasteiger partial charge in [0.25, 0.3) is 0 Å². The quantitative estimate of drug-likeness (QED) is 0.809. The Morgan fingerprint density at radius 1 is 1.20 bits per heavy atom. The average molecular weight is 287 g/mol. The van der Waals surface area contributed by atoms with Crippen LogP contribution >= 0.6 is 11.8 Å². The standard InChI is InChI=1S/C18H25NS/c1-13(19)18-11-10-17(20-16-4-2-3-5-16)12-15(18)9-8-14-6-7-14/h8-14,16H,2-7,19H2,1H3/b9-8+/t13-/m0/s1. The molecular formula is C18H25NS. The van der Waals surface area contributed by atoms with E-state index in [1.165, 1.54) is 54.5 Å². The van der Waals surface area contributed by atoms with Crippen LogP contribution in [0.1, 0.15) is 62.6 Å². The Kier molecular flexibility index (Phi) is 4.52. The zero-order valence-electron chi connectivity index (χ0n) is 12.3. The molecule has 1 nitrogen and oxygen atoms in total. The summed E-state index contributed by atoms with van der Waals surface area (Å²) in [7, 11) is 0. The molecule has 2 heteroatoms. The number of nitrogens with two attached hydrogens (primary N) is 1. The van der Waals surface area contributed by atoms with Crippen molar-refractivity contribution < 1.29 is 0 Å². The molecule has 0 radical (unpaired) electrons. The molecule has 20 heavy (non-hydrogen) atoms. The lowest BCUT2D eigenvalue weighted by Crippen LogP contribution is -2.07. The van der Waals surface area contributed by atoms with Crippen molar-refractivity contribution in [1.29, 1.82) is 0 Å². The van der Waals surface area contributed by atoms with E-state index >= 15 is 0 Å². The second-order valence-corrected chi connectivity index (χ2v) is 7.67. The van der Waals surface area contributed by atoms with Gasteiger partial charge in [0.1, 0.15) is 0 Å². The molecule has 2 saturated carbocycles. The third kappa shape index (κ3) is 3.67. The third-order valence-corrected chi connectivity index (χ3v) is 5.65. The van der Waals surface area contributed by atoms with Gasteiger partial charge in [-0.15, -0.1) is 11.8 Å². The maximum atomic E-state index is 6.11. The van der Waals surface area contributed by atoms with E-state index in [9.17, 15) is 0 Å². The van der Waals surface area contributed by atoms with Gasteiger partial charge in [-0.25, -0.2) is 0 Å². The molecule has 0 aliphatic heterocycles. The van der Waals surface area contributed by atoms with Gasteiger partial charge in [0.05, 0.1) is 0 Å². The first-order valence-electron chi connectivity index (χ1n) is 7.97. The number of hydrogen-bond acceptors (Lipinski definition) is 2. The summed E-state index contributed by atoms with van der Waals surface area (Å²) >= 11 is 2.06. The van der Waals surface area contributed by atoms with Gasteiger partial charge >= 0.3 is 0 Å². The zero-order valence-corrected chi connectivity index (χ0v) is 13.2. The van der Waals surface area contributed by atoms with E-state index in [4.69, 9.17) is 5.73 Å². The summed E-state index contributed by atoms with van der Waals surface area (Å²) in [5.74, 6) is 0.821. The highest BCUT2D eigenvalue weighted by Gasteiger charge is 2.18. The van der Waals surface area contributed by atoms with Crippen molar-refractivity contribution in [3.8, 4) is 0 Å². The van der Waals surface area contributed by atoms with Crippen molar-refractivity contribution >= 4 is 17.8 Å². The molecule has 0 unspecified atom stereocenters. The van der Waals surface area contributed by atoms with Crippen LogP contribution in [0.25, 0.3) is 6.08 Å². The first-order valence-corrected chi connectivity index (χ1v) is 8.85. The predicted octanol–water partition coefficient (Wildman–Crippen LogP) is 5.16. The summed E-state index contributed by atoms with van der Waals surface area (Å²) in [6.07, 6.45) is 13.0. The van der Waals surface area contributed by atoms with E-state index in [2.05, 4.69) is 49.0 Å². The summed E-state index contributed by atoms with van der Waals surface area (Å²) in [6, 6.07) is 6.95. The second-order valence-electron chi connectivity index (χ2n) is 6.30. The van der Waals surface area contributed by atoms with E-state index in [0.29, 0.717) is 0 Å². The fourth-order valence-electron chi connectivity index (χ4n) is 2.91. The Labute approximate surface area is 127 Å². The van der Waals surface area contributed by atoms with Gasteiger partial charge in [0, 0.05) is 16.2 Å². The van der Waals surface area contributed by atoms with E-state index < -0.39 is 0 Å². The number of rotatable bonds is 5. The molecule has 0 aromatic heterocycles. The average Bonchev–Trinajstić information content (AvgIpc) is 3.13. The molecule has 2 N–H and O–H groups in total. The van der Waals surface area contributed by atoms with Crippen LogP contribution in [0, 0.1) is 5.92 Å². The zero-order chi connectivity index (χ0) is 13.9. The fraction of sp³-hybridized carbons (Fsp3) is 0.556. The highest BCUT2D eigenvalue weighted by Crippen LogP contribution is 2.36. The van der Waals surface area contributed by atoms with Crippen molar-refractivity contribution in [3.05, 3.63) is 35.4 Å². The SMILES string of the molecule is C[C@H](N)c1ccc(SC2CCCC2)cc1/C=C/C1CC1. The predicted molar refractivity (Wildman–Crippen MR) is 88.9 cm³/mol. The Morgan fingerprint density at radius 2 is 1.95 bits per heavy atom. The topological polar surface area (TPSA) is 26.0 Å². The largest absolute Gasteiger partial charge is 0.324 e. The summed E-state index contributed by atoms with van der Waals surface area (Å²) in [4.78, 5) is 1.41. The van der Waals surface area contributed by atoms with Crippen LogP contribution in [0.15, 0.2) is 29.2 Å². The fourth-order valence-corrected chi connectivity index (χ4v) is 4.21. The van der Waals surface area contributed by atoms with Crippen molar-refractivity contribution in [2.75, 3.05) is 0 Å². The molecule has 0 heterocycles. The van der Waals surface area contributed by atoms with Gasteiger partial charge in [0.15, 0.2) is 0 Å². The normalized spacial score (nSPS) is 21.7. The Balaban J connectivity index is 1.78. The van der Waals surface area contributed by atoms with Crippen LogP contribution < -0.4 is 5.73 Å². The molecule has 108 valence electrons. The van der Waals surface area contributed by atoms with E-state index in [1.807, 2.05) is 0 Å². The lowest BCUT2D eigenvalue weighted by molar-refractivity contribution is 0.814. The molecule has 3 rings (SSSR count). The summed E-state index contributed by atoms with van der Waals surface area (Å²) < 4.78 is 0. The van der Waals surface area contributed by atoms with Crippen LogP contribution in [-0.4, -0.2) is 5.25 Å². The van der Waals surface area contributed by atoms with Crippen molar-refractivity contribution in [2.24, 2.45) is 11.7 Å². The maximum Gasteiger partial charge on any atom is 0.0272 e. The van der Waals surface area contributed by atoms with Crippen LogP contribution in [0.2, 0.25) is 0 Å². The summed E-state index contributed by atoms with van der Waals surface area (Å²) in [5, 5.41) is 0.830. The second kappa shape index (κ2) is 6.36. The minimum atomic E-state index is 0.111. The number of allylic oxidation sites excluding steroid dienone is 1. The summed E-state index contributed by atoms with van der Waals surface area (Å²) in [6.45, 7) is 2.08. The van der Waals surface area contributed by atoms with Crippen molar-refractivity contribution in [2.45, 2.75) is 61.6 Å². The molecule has 2 fully saturated rings. The molecule has 1 atom stereocenters. The van der Waals surface area contributed by atoms with Crippen molar-refractivity contribution in [1.82, 2.24) is 0 Å². The molecule has 2 aliphatic carbocycles. The first-order chi connectivity index (χ1) is 9.72. The minimum absolute atomic E-state index is 0.111. The third-order valence-electron chi connectivity index (χ3n) is 4.32. The molecule has 1 aromatic carbocycles. The molecule has 0 saturated heterocycles. The van der Waals surface area contributed by atoms with Crippen molar-refractivity contribution in [3.63, 3.8) is 0 Å². The molecule has 0 amide bonds. The Bertz CT molecular complexity index is 482. The van der Waals surface area contributed by atoms with Crippen LogP contribution in [0.3, 0.4) is 0 Å². The van der Waals surface area contributed by atoms with E-state index in [1.54, 1.807) is 0 Å². The monoisotopic (exact) mass is 287 g/mol. The van der Waals surface area contributed by atoms with Gasteiger partial charge in [-0.2, -0.15) is 0 Å². The highest BCUT2D eigenvalue weighted by atomic mass is 32.2. The molecule has 2 aliphatic rings. The van der Waals surface area contributed by atoms with E-state index in [0.717, 1.165) is 11.2 Å². The van der Waals surface area contributed by atoms with E-state index in [-0.39, 0.29) is 6.04 Å². The molecule has 0 spiro atoms. The lowest BCUT2D eigenvalue weighted by atomic mass is 10.0. The van der Waals surface area contributed by atoms with Gasteiger partial charge in [-0.1, -0.05) is 31.1 Å². The van der Waals surface area contributed by atoms with Crippen LogP contribution in [-0.2, 0) is 0 Å². The van der Waals surface area contributed by atoms with Crippen LogP contribution in [0.5, 0.6) is 0 Å². The number of thioether (sulfide) groups is 1. The highest BCUT2D eigenvalue weighted by molar-refractivity contribution is 8.00. The number of benzene rings is 1. The molecular weight excluding hydrogens is 262 g/mol. The Hall–Kier alpha value is -0.730. The summed E-state index contributed by atoms with van der Waals surface area (Å²) in [5.41, 5.74) is 8.71. The first kappa shape index (κ1) is 14.2.